The molecular weight excluding hydrogens is 323 g/mol. The van der Waals surface area contributed by atoms with Crippen LogP contribution < -0.4 is 0 Å². The van der Waals surface area contributed by atoms with Crippen LogP contribution in [0.1, 0.15) is 11.6 Å². The van der Waals surface area contributed by atoms with E-state index >= 15 is 0 Å². The monoisotopic (exact) mass is 340 g/mol. The van der Waals surface area contributed by atoms with Gasteiger partial charge in [-0.2, -0.15) is 0 Å². The molecule has 7 heteroatoms. The molecular formula is C16H18ClFN2O3. The zero-order valence-electron chi connectivity index (χ0n) is 13.3. The van der Waals surface area contributed by atoms with Crippen LogP contribution in [0.2, 0.25) is 5.02 Å². The van der Waals surface area contributed by atoms with E-state index < -0.39 is 17.8 Å². The number of likely N-dealkylation sites (N-methyl/N-ethyl adjacent to an activating group) is 1. The van der Waals surface area contributed by atoms with E-state index in [9.17, 15) is 9.18 Å². The molecule has 0 saturated carbocycles. The summed E-state index contributed by atoms with van der Waals surface area (Å²) in [6.07, 6.45) is 3.34. The first-order chi connectivity index (χ1) is 10.9. The number of hydrogen-bond acceptors (Lipinski definition) is 5. The summed E-state index contributed by atoms with van der Waals surface area (Å²) in [4.78, 5) is 19.6. The van der Waals surface area contributed by atoms with Crippen LogP contribution >= 0.6 is 11.6 Å². The molecule has 1 aromatic rings. The van der Waals surface area contributed by atoms with Crippen molar-refractivity contribution in [2.75, 3.05) is 28.3 Å². The first-order valence-corrected chi connectivity index (χ1v) is 7.26. The van der Waals surface area contributed by atoms with E-state index in [1.807, 2.05) is 14.1 Å². The summed E-state index contributed by atoms with van der Waals surface area (Å²) in [6, 6.07) is 3.57. The fraction of sp³-hybridized carbons (Fsp3) is 0.312. The molecule has 2 rings (SSSR count). The molecule has 1 atom stereocenters. The van der Waals surface area contributed by atoms with Gasteiger partial charge in [0.25, 0.3) is 0 Å². The van der Waals surface area contributed by atoms with Crippen molar-refractivity contribution < 1.29 is 18.8 Å². The van der Waals surface area contributed by atoms with Gasteiger partial charge in [-0.3, -0.25) is 0 Å². The summed E-state index contributed by atoms with van der Waals surface area (Å²) in [6.45, 7) is 0. The largest absolute Gasteiger partial charge is 0.465 e. The van der Waals surface area contributed by atoms with Crippen molar-refractivity contribution in [3.63, 3.8) is 0 Å². The zero-order valence-corrected chi connectivity index (χ0v) is 14.1. The van der Waals surface area contributed by atoms with E-state index in [1.54, 1.807) is 30.3 Å². The Hall–Kier alpha value is -2.05. The van der Waals surface area contributed by atoms with Gasteiger partial charge in [0.1, 0.15) is 17.4 Å². The van der Waals surface area contributed by atoms with Crippen LogP contribution in [0.15, 0.2) is 41.8 Å². The number of hydroxylamine groups is 2. The second kappa shape index (κ2) is 7.02. The minimum atomic E-state index is -0.794. The number of carbonyl (C=O) groups is 1. The van der Waals surface area contributed by atoms with Crippen molar-refractivity contribution in [2.45, 2.75) is 6.04 Å². The van der Waals surface area contributed by atoms with E-state index in [4.69, 9.17) is 21.2 Å². The fourth-order valence-electron chi connectivity index (χ4n) is 2.33. The highest BCUT2D eigenvalue weighted by Crippen LogP contribution is 2.41. The smallest absolute Gasteiger partial charge is 0.339 e. The Morgan fingerprint density at radius 1 is 1.48 bits per heavy atom. The number of rotatable bonds is 4. The fourth-order valence-corrected chi connectivity index (χ4v) is 2.60. The molecule has 0 aromatic heterocycles. The summed E-state index contributed by atoms with van der Waals surface area (Å²) in [7, 11) is 6.53. The Kier molecular flexibility index (Phi) is 5.28. The Bertz CT molecular complexity index is 653. The highest BCUT2D eigenvalue weighted by atomic mass is 35.5. The summed E-state index contributed by atoms with van der Waals surface area (Å²) in [5.74, 6) is -0.827. The predicted octanol–water partition coefficient (Wildman–Crippen LogP) is 2.90. The molecule has 0 aliphatic carbocycles. The maximum atomic E-state index is 14.3. The second-order valence-electron chi connectivity index (χ2n) is 5.22. The lowest BCUT2D eigenvalue weighted by atomic mass is 9.97. The van der Waals surface area contributed by atoms with Crippen molar-refractivity contribution in [2.24, 2.45) is 0 Å². The van der Waals surface area contributed by atoms with Crippen LogP contribution in [-0.4, -0.2) is 44.2 Å². The van der Waals surface area contributed by atoms with E-state index in [1.165, 1.54) is 24.3 Å². The molecule has 0 N–H and O–H groups in total. The third-order valence-electron chi connectivity index (χ3n) is 3.35. The lowest BCUT2D eigenvalue weighted by Gasteiger charge is -2.21. The van der Waals surface area contributed by atoms with Crippen molar-refractivity contribution in [1.82, 2.24) is 9.96 Å². The Labute approximate surface area is 139 Å². The Morgan fingerprint density at radius 3 is 2.74 bits per heavy atom. The summed E-state index contributed by atoms with van der Waals surface area (Å²) >= 11 is 6.14. The number of hydrogen-bond donors (Lipinski definition) is 0. The summed E-state index contributed by atoms with van der Waals surface area (Å²) in [5, 5.41) is 1.59. The van der Waals surface area contributed by atoms with Crippen LogP contribution in [0, 0.1) is 5.82 Å². The quantitative estimate of drug-likeness (QED) is 0.788. The van der Waals surface area contributed by atoms with Gasteiger partial charge in [0.2, 0.25) is 0 Å². The third-order valence-corrected chi connectivity index (χ3v) is 3.68. The van der Waals surface area contributed by atoms with Crippen molar-refractivity contribution in [3.05, 3.63) is 58.2 Å². The van der Waals surface area contributed by atoms with E-state index in [-0.39, 0.29) is 21.9 Å². The highest BCUT2D eigenvalue weighted by Gasteiger charge is 2.40. The number of nitrogens with zero attached hydrogens (tertiary/aromatic N) is 2. The zero-order chi connectivity index (χ0) is 17.1. The molecule has 0 spiro atoms. The number of halogens is 2. The number of benzene rings is 1. The highest BCUT2D eigenvalue weighted by molar-refractivity contribution is 6.31. The Balaban J connectivity index is 2.59. The van der Waals surface area contributed by atoms with Gasteiger partial charge in [0.05, 0.1) is 7.11 Å². The molecule has 0 radical (unpaired) electrons. The summed E-state index contributed by atoms with van der Waals surface area (Å²) < 4.78 is 19.1. The molecule has 0 bridgehead atoms. The molecule has 23 heavy (non-hydrogen) atoms. The topological polar surface area (TPSA) is 42.0 Å². The molecule has 0 amide bonds. The minimum absolute atomic E-state index is 0.172. The average molecular weight is 341 g/mol. The number of ether oxygens (including phenoxy) is 1. The molecule has 1 heterocycles. The molecule has 0 saturated heterocycles. The minimum Gasteiger partial charge on any atom is -0.465 e. The van der Waals surface area contributed by atoms with Crippen LogP contribution in [0.3, 0.4) is 0 Å². The second-order valence-corrected chi connectivity index (χ2v) is 5.63. The first-order valence-electron chi connectivity index (χ1n) is 6.88. The lowest BCUT2D eigenvalue weighted by molar-refractivity contribution is -0.137. The van der Waals surface area contributed by atoms with Crippen molar-refractivity contribution in [1.29, 1.82) is 0 Å². The van der Waals surface area contributed by atoms with Crippen LogP contribution in [-0.2, 0) is 14.4 Å². The molecule has 124 valence electrons. The molecule has 5 nitrogen and oxygen atoms in total. The van der Waals surface area contributed by atoms with Crippen molar-refractivity contribution >= 4 is 17.6 Å². The molecule has 0 fully saturated rings. The first kappa shape index (κ1) is 17.3. The standard InChI is InChI=1S/C16H18ClFN2O3/c1-19(2)9-8-12-14(16(21)22-4)15(20(3)23-12)13-10(17)6-5-7-11(13)18/h5-9,15H,1-4H3/b9-8+. The maximum absolute atomic E-state index is 14.3. The molecule has 1 aromatic carbocycles. The average Bonchev–Trinajstić information content (AvgIpc) is 2.81. The van der Waals surface area contributed by atoms with Gasteiger partial charge in [-0.05, 0) is 18.2 Å². The number of allylic oxidation sites excluding steroid dienone is 1. The number of carbonyl (C=O) groups excluding carboxylic acids is 1. The van der Waals surface area contributed by atoms with Gasteiger partial charge >= 0.3 is 5.97 Å². The lowest BCUT2D eigenvalue weighted by Crippen LogP contribution is -2.23. The van der Waals surface area contributed by atoms with E-state index in [0.29, 0.717) is 0 Å². The molecule has 1 aliphatic heterocycles. The van der Waals surface area contributed by atoms with Gasteiger partial charge in [-0.15, -0.1) is 5.06 Å². The molecule has 1 aliphatic rings. The van der Waals surface area contributed by atoms with Gasteiger partial charge < -0.3 is 14.5 Å². The van der Waals surface area contributed by atoms with Crippen molar-refractivity contribution in [3.8, 4) is 0 Å². The third kappa shape index (κ3) is 3.48. The predicted molar refractivity (Wildman–Crippen MR) is 84.9 cm³/mol. The van der Waals surface area contributed by atoms with Crippen LogP contribution in [0.25, 0.3) is 0 Å². The van der Waals surface area contributed by atoms with Crippen LogP contribution in [0.4, 0.5) is 4.39 Å². The van der Waals surface area contributed by atoms with Gasteiger partial charge in [-0.1, -0.05) is 17.7 Å². The van der Waals surface area contributed by atoms with Gasteiger partial charge in [0.15, 0.2) is 5.76 Å². The number of methoxy groups -OCH3 is 1. The molecule has 1 unspecified atom stereocenters. The normalized spacial score (nSPS) is 18.4. The van der Waals surface area contributed by atoms with E-state index in [0.717, 1.165) is 0 Å². The van der Waals surface area contributed by atoms with E-state index in [2.05, 4.69) is 0 Å². The van der Waals surface area contributed by atoms with Gasteiger partial charge in [0, 0.05) is 37.9 Å². The SMILES string of the molecule is COC(=O)C1=C(/C=C/N(C)C)ON(C)C1c1c(F)cccc1Cl. The summed E-state index contributed by atoms with van der Waals surface area (Å²) in [5.41, 5.74) is 0.366. The number of esters is 1. The Morgan fingerprint density at radius 2 is 2.17 bits per heavy atom. The van der Waals surface area contributed by atoms with Crippen LogP contribution in [0.5, 0.6) is 0 Å². The maximum Gasteiger partial charge on any atom is 0.339 e. The van der Waals surface area contributed by atoms with Gasteiger partial charge in [-0.25, -0.2) is 9.18 Å².